The predicted molar refractivity (Wildman–Crippen MR) is 52.4 cm³/mol. The van der Waals surface area contributed by atoms with Crippen molar-refractivity contribution in [2.75, 3.05) is 0 Å². The molecule has 0 aliphatic carbocycles. The van der Waals surface area contributed by atoms with Crippen LogP contribution in [0, 0.1) is 0 Å². The summed E-state index contributed by atoms with van der Waals surface area (Å²) >= 11 is 6.02. The maximum atomic E-state index is 6.02. The highest BCUT2D eigenvalue weighted by molar-refractivity contribution is 6.68. The summed E-state index contributed by atoms with van der Waals surface area (Å²) in [6.45, 7) is 4.18. The van der Waals surface area contributed by atoms with E-state index >= 15 is 0 Å². The summed E-state index contributed by atoms with van der Waals surface area (Å²) in [6.07, 6.45) is 0. The molecule has 0 unspecified atom stereocenters. The maximum absolute atomic E-state index is 6.02. The van der Waals surface area contributed by atoms with Gasteiger partial charge in [-0.05, 0) is 25.5 Å². The Morgan fingerprint density at radius 2 is 1.92 bits per heavy atom. The van der Waals surface area contributed by atoms with Crippen molar-refractivity contribution in [1.82, 2.24) is 0 Å². The second-order valence-electron chi connectivity index (χ2n) is 3.54. The Morgan fingerprint density at radius 3 is 2.58 bits per heavy atom. The molecule has 0 N–H and O–H groups in total. The average molecular weight is 180 g/mol. The third kappa shape index (κ3) is 0.896. The van der Waals surface area contributed by atoms with E-state index in [1.165, 1.54) is 5.56 Å². The van der Waals surface area contributed by atoms with Gasteiger partial charge in [-0.3, -0.25) is 0 Å². The molecule has 0 aromatic heterocycles. The molecule has 0 spiro atoms. The zero-order valence-corrected chi connectivity index (χ0v) is 7.89. The van der Waals surface area contributed by atoms with Gasteiger partial charge in [0.2, 0.25) is 0 Å². The van der Waals surface area contributed by atoms with Crippen LogP contribution in [-0.2, 0) is 5.41 Å². The molecule has 1 nitrogen and oxygen atoms in total. The Hall–Kier alpha value is -0.820. The van der Waals surface area contributed by atoms with Crippen LogP contribution in [0.4, 0.5) is 5.69 Å². The van der Waals surface area contributed by atoms with Crippen molar-refractivity contribution in [3.05, 3.63) is 29.8 Å². The number of halogens is 1. The van der Waals surface area contributed by atoms with E-state index in [0.717, 1.165) is 5.69 Å². The van der Waals surface area contributed by atoms with Gasteiger partial charge < -0.3 is 0 Å². The SMILES string of the molecule is CC1(C)C(Cl)=Nc2ccccc21. The van der Waals surface area contributed by atoms with E-state index in [2.05, 4.69) is 24.9 Å². The molecule has 1 aromatic rings. The van der Waals surface area contributed by atoms with Gasteiger partial charge in [-0.15, -0.1) is 0 Å². The van der Waals surface area contributed by atoms with Gasteiger partial charge in [0.1, 0.15) is 5.17 Å². The molecular formula is C10H10ClN. The first-order valence-corrected chi connectivity index (χ1v) is 4.34. The fourth-order valence-corrected chi connectivity index (χ4v) is 1.65. The van der Waals surface area contributed by atoms with E-state index in [-0.39, 0.29) is 5.41 Å². The molecule has 2 heteroatoms. The third-order valence-electron chi connectivity index (χ3n) is 2.31. The number of rotatable bonds is 0. The number of hydrogen-bond acceptors (Lipinski definition) is 1. The summed E-state index contributed by atoms with van der Waals surface area (Å²) < 4.78 is 0. The maximum Gasteiger partial charge on any atom is 0.117 e. The molecule has 0 fully saturated rings. The van der Waals surface area contributed by atoms with Crippen LogP contribution in [0.25, 0.3) is 0 Å². The molecule has 1 heterocycles. The van der Waals surface area contributed by atoms with Crippen LogP contribution in [-0.4, -0.2) is 5.17 Å². The van der Waals surface area contributed by atoms with Gasteiger partial charge in [0, 0.05) is 5.41 Å². The smallest absolute Gasteiger partial charge is 0.117 e. The molecule has 0 radical (unpaired) electrons. The van der Waals surface area contributed by atoms with Crippen LogP contribution in [0.15, 0.2) is 29.3 Å². The summed E-state index contributed by atoms with van der Waals surface area (Å²) in [5.74, 6) is 0. The van der Waals surface area contributed by atoms with Crippen LogP contribution in [0.3, 0.4) is 0 Å². The Morgan fingerprint density at radius 1 is 1.25 bits per heavy atom. The summed E-state index contributed by atoms with van der Waals surface area (Å²) in [5, 5.41) is 0.684. The van der Waals surface area contributed by atoms with Crippen molar-refractivity contribution in [1.29, 1.82) is 0 Å². The Labute approximate surface area is 77.1 Å². The average Bonchev–Trinajstić information content (AvgIpc) is 2.25. The van der Waals surface area contributed by atoms with Crippen LogP contribution < -0.4 is 0 Å². The number of hydrogen-bond donors (Lipinski definition) is 0. The molecule has 1 aliphatic rings. The fraction of sp³-hybridized carbons (Fsp3) is 0.300. The zero-order chi connectivity index (χ0) is 8.77. The minimum atomic E-state index is -0.0991. The van der Waals surface area contributed by atoms with Crippen molar-refractivity contribution in [2.45, 2.75) is 19.3 Å². The Kier molecular flexibility index (Phi) is 1.52. The number of benzene rings is 1. The predicted octanol–water partition coefficient (Wildman–Crippen LogP) is 3.25. The van der Waals surface area contributed by atoms with E-state index < -0.39 is 0 Å². The summed E-state index contributed by atoms with van der Waals surface area (Å²) in [5.41, 5.74) is 2.13. The zero-order valence-electron chi connectivity index (χ0n) is 7.13. The van der Waals surface area contributed by atoms with E-state index in [0.29, 0.717) is 5.17 Å². The highest BCUT2D eigenvalue weighted by Gasteiger charge is 2.33. The first-order chi connectivity index (χ1) is 5.62. The molecule has 0 saturated heterocycles. The van der Waals surface area contributed by atoms with Crippen molar-refractivity contribution in [3.8, 4) is 0 Å². The Balaban J connectivity index is 2.66. The summed E-state index contributed by atoms with van der Waals surface area (Å²) in [6, 6.07) is 8.07. The van der Waals surface area contributed by atoms with E-state index in [1.807, 2.05) is 18.2 Å². The number of para-hydroxylation sites is 1. The van der Waals surface area contributed by atoms with Crippen molar-refractivity contribution in [2.24, 2.45) is 4.99 Å². The molecule has 62 valence electrons. The standard InChI is InChI=1S/C10H10ClN/c1-10(2)7-5-3-4-6-8(7)12-9(10)11/h3-6H,1-2H3. The molecule has 12 heavy (non-hydrogen) atoms. The van der Waals surface area contributed by atoms with Crippen LogP contribution in [0.1, 0.15) is 19.4 Å². The molecule has 0 amide bonds. The topological polar surface area (TPSA) is 12.4 Å². The van der Waals surface area contributed by atoms with Gasteiger partial charge in [-0.25, -0.2) is 4.99 Å². The first-order valence-electron chi connectivity index (χ1n) is 3.96. The lowest BCUT2D eigenvalue weighted by Crippen LogP contribution is -2.20. The van der Waals surface area contributed by atoms with Crippen LogP contribution >= 0.6 is 11.6 Å². The van der Waals surface area contributed by atoms with E-state index in [1.54, 1.807) is 0 Å². The van der Waals surface area contributed by atoms with Gasteiger partial charge in [-0.2, -0.15) is 0 Å². The molecule has 2 rings (SSSR count). The Bertz CT molecular complexity index is 353. The minimum Gasteiger partial charge on any atom is -0.240 e. The molecule has 0 atom stereocenters. The van der Waals surface area contributed by atoms with E-state index in [4.69, 9.17) is 11.6 Å². The fourth-order valence-electron chi connectivity index (χ4n) is 1.46. The number of nitrogens with zero attached hydrogens (tertiary/aromatic N) is 1. The van der Waals surface area contributed by atoms with E-state index in [9.17, 15) is 0 Å². The third-order valence-corrected chi connectivity index (χ3v) is 2.87. The van der Waals surface area contributed by atoms with Gasteiger partial charge in [0.15, 0.2) is 0 Å². The van der Waals surface area contributed by atoms with Gasteiger partial charge in [0.05, 0.1) is 5.69 Å². The second kappa shape index (κ2) is 2.33. The number of fused-ring (bicyclic) bond motifs is 1. The van der Waals surface area contributed by atoms with Crippen LogP contribution in [0.2, 0.25) is 0 Å². The quantitative estimate of drug-likeness (QED) is 0.580. The lowest BCUT2D eigenvalue weighted by atomic mass is 9.87. The first kappa shape index (κ1) is 7.81. The highest BCUT2D eigenvalue weighted by Crippen LogP contribution is 2.40. The minimum absolute atomic E-state index is 0.0991. The molecular weight excluding hydrogens is 170 g/mol. The largest absolute Gasteiger partial charge is 0.240 e. The van der Waals surface area contributed by atoms with Gasteiger partial charge >= 0.3 is 0 Å². The monoisotopic (exact) mass is 179 g/mol. The normalized spacial score (nSPS) is 18.8. The summed E-state index contributed by atoms with van der Waals surface area (Å²) in [4.78, 5) is 4.29. The molecule has 0 saturated carbocycles. The van der Waals surface area contributed by atoms with Crippen molar-refractivity contribution >= 4 is 22.5 Å². The van der Waals surface area contributed by atoms with Gasteiger partial charge in [-0.1, -0.05) is 29.8 Å². The molecule has 0 bridgehead atoms. The lowest BCUT2D eigenvalue weighted by Gasteiger charge is -2.17. The molecule has 1 aromatic carbocycles. The second-order valence-corrected chi connectivity index (χ2v) is 3.90. The van der Waals surface area contributed by atoms with Gasteiger partial charge in [0.25, 0.3) is 0 Å². The number of aliphatic imine (C=N–C) groups is 1. The van der Waals surface area contributed by atoms with Crippen molar-refractivity contribution < 1.29 is 0 Å². The van der Waals surface area contributed by atoms with Crippen LogP contribution in [0.5, 0.6) is 0 Å². The lowest BCUT2D eigenvalue weighted by molar-refractivity contribution is 0.747. The van der Waals surface area contributed by atoms with Crippen molar-refractivity contribution in [3.63, 3.8) is 0 Å². The highest BCUT2D eigenvalue weighted by atomic mass is 35.5. The summed E-state index contributed by atoms with van der Waals surface area (Å²) in [7, 11) is 0. The molecule has 1 aliphatic heterocycles.